The normalized spacial score (nSPS) is 10.7. The zero-order valence-corrected chi connectivity index (χ0v) is 10.2. The van der Waals surface area contributed by atoms with Crippen molar-refractivity contribution in [1.29, 1.82) is 0 Å². The Hall–Kier alpha value is -0.960. The molecule has 0 saturated carbocycles. The molecule has 0 spiro atoms. The highest BCUT2D eigenvalue weighted by Crippen LogP contribution is 2.24. The summed E-state index contributed by atoms with van der Waals surface area (Å²) in [6.45, 7) is 5.90. The molecule has 0 amide bonds. The fraction of sp³-hybridized carbons (Fsp3) is 0.417. The smallest absolute Gasteiger partial charge is 0.161 e. The van der Waals surface area contributed by atoms with E-state index in [9.17, 15) is 4.79 Å². The maximum absolute atomic E-state index is 11.2. The standard InChI is InChI=1S/C12H17NOS/c1-8(2)7-15-10-4-5-11(9(3)14)12(13)6-10/h4-6,8H,7,13H2,1-3H3. The van der Waals surface area contributed by atoms with Crippen LogP contribution < -0.4 is 5.73 Å². The minimum atomic E-state index is 0.0212. The minimum absolute atomic E-state index is 0.0212. The number of hydrogen-bond acceptors (Lipinski definition) is 3. The number of carbonyl (C=O) groups is 1. The van der Waals surface area contributed by atoms with E-state index in [0.717, 1.165) is 10.6 Å². The Morgan fingerprint density at radius 1 is 1.47 bits per heavy atom. The molecule has 0 unspecified atom stereocenters. The number of nitrogens with two attached hydrogens (primary N) is 1. The number of thioether (sulfide) groups is 1. The third kappa shape index (κ3) is 3.59. The molecule has 0 aliphatic carbocycles. The summed E-state index contributed by atoms with van der Waals surface area (Å²) in [5.74, 6) is 1.75. The van der Waals surface area contributed by atoms with Gasteiger partial charge in [0.25, 0.3) is 0 Å². The molecule has 0 bridgehead atoms. The van der Waals surface area contributed by atoms with Gasteiger partial charge in [0.05, 0.1) is 0 Å². The molecule has 0 atom stereocenters. The molecule has 3 heteroatoms. The topological polar surface area (TPSA) is 43.1 Å². The van der Waals surface area contributed by atoms with Crippen LogP contribution in [0.2, 0.25) is 0 Å². The SMILES string of the molecule is CC(=O)c1ccc(SCC(C)C)cc1N. The number of carbonyl (C=O) groups excluding carboxylic acids is 1. The number of Topliss-reactive ketones (excluding diaryl/α,β-unsaturated/α-hetero) is 1. The van der Waals surface area contributed by atoms with Gasteiger partial charge < -0.3 is 5.73 Å². The van der Waals surface area contributed by atoms with Crippen LogP contribution in [0.25, 0.3) is 0 Å². The Bertz CT molecular complexity index is 361. The Morgan fingerprint density at radius 2 is 2.13 bits per heavy atom. The molecule has 1 rings (SSSR count). The van der Waals surface area contributed by atoms with Crippen LogP contribution in [0, 0.1) is 5.92 Å². The fourth-order valence-electron chi connectivity index (χ4n) is 1.21. The second-order valence-corrected chi connectivity index (χ2v) is 5.10. The molecule has 1 aromatic rings. The Balaban J connectivity index is 2.78. The monoisotopic (exact) mass is 223 g/mol. The minimum Gasteiger partial charge on any atom is -0.398 e. The quantitative estimate of drug-likeness (QED) is 0.484. The lowest BCUT2D eigenvalue weighted by molar-refractivity contribution is 0.101. The van der Waals surface area contributed by atoms with Crippen molar-refractivity contribution in [3.63, 3.8) is 0 Å². The van der Waals surface area contributed by atoms with Crippen LogP contribution in [0.5, 0.6) is 0 Å². The molecule has 0 aliphatic heterocycles. The van der Waals surface area contributed by atoms with Crippen LogP contribution in [-0.2, 0) is 0 Å². The van der Waals surface area contributed by atoms with E-state index in [4.69, 9.17) is 5.73 Å². The molecule has 0 saturated heterocycles. The van der Waals surface area contributed by atoms with Crippen molar-refractivity contribution in [2.75, 3.05) is 11.5 Å². The molecule has 2 nitrogen and oxygen atoms in total. The van der Waals surface area contributed by atoms with Crippen LogP contribution in [-0.4, -0.2) is 11.5 Å². The average molecular weight is 223 g/mol. The summed E-state index contributed by atoms with van der Waals surface area (Å²) in [4.78, 5) is 12.3. The summed E-state index contributed by atoms with van der Waals surface area (Å²) in [7, 11) is 0. The number of ketones is 1. The van der Waals surface area contributed by atoms with E-state index in [2.05, 4.69) is 13.8 Å². The fourth-order valence-corrected chi connectivity index (χ4v) is 2.11. The van der Waals surface area contributed by atoms with Gasteiger partial charge in [-0.1, -0.05) is 13.8 Å². The maximum atomic E-state index is 11.2. The van der Waals surface area contributed by atoms with Gasteiger partial charge in [0, 0.05) is 21.9 Å². The molecule has 0 aromatic heterocycles. The molecule has 0 fully saturated rings. The van der Waals surface area contributed by atoms with Crippen molar-refractivity contribution in [3.8, 4) is 0 Å². The Kier molecular flexibility index (Phi) is 4.21. The summed E-state index contributed by atoms with van der Waals surface area (Å²) in [6, 6.07) is 5.64. The second-order valence-electron chi connectivity index (χ2n) is 4.01. The van der Waals surface area contributed by atoms with Crippen molar-refractivity contribution in [2.24, 2.45) is 5.92 Å². The highest BCUT2D eigenvalue weighted by molar-refractivity contribution is 7.99. The van der Waals surface area contributed by atoms with Crippen LogP contribution >= 0.6 is 11.8 Å². The first-order valence-electron chi connectivity index (χ1n) is 5.04. The molecular formula is C12H17NOS. The summed E-state index contributed by atoms with van der Waals surface area (Å²) in [5.41, 5.74) is 6.99. The lowest BCUT2D eigenvalue weighted by atomic mass is 10.1. The molecule has 0 aliphatic rings. The van der Waals surface area contributed by atoms with E-state index in [0.29, 0.717) is 17.2 Å². The van der Waals surface area contributed by atoms with Gasteiger partial charge >= 0.3 is 0 Å². The first kappa shape index (κ1) is 12.1. The number of nitrogen functional groups attached to an aromatic ring is 1. The highest BCUT2D eigenvalue weighted by atomic mass is 32.2. The van der Waals surface area contributed by atoms with Gasteiger partial charge in [-0.2, -0.15) is 0 Å². The Morgan fingerprint density at radius 3 is 2.60 bits per heavy atom. The largest absolute Gasteiger partial charge is 0.398 e. The predicted molar refractivity (Wildman–Crippen MR) is 66.4 cm³/mol. The maximum Gasteiger partial charge on any atom is 0.161 e. The number of rotatable bonds is 4. The van der Waals surface area contributed by atoms with Gasteiger partial charge in [0.2, 0.25) is 0 Å². The number of hydrogen-bond donors (Lipinski definition) is 1. The molecule has 0 heterocycles. The van der Waals surface area contributed by atoms with Crippen LogP contribution in [0.4, 0.5) is 5.69 Å². The van der Waals surface area contributed by atoms with Gasteiger partial charge in [0.1, 0.15) is 0 Å². The third-order valence-corrected chi connectivity index (χ3v) is 3.41. The first-order valence-corrected chi connectivity index (χ1v) is 6.02. The van der Waals surface area contributed by atoms with Crippen molar-refractivity contribution in [2.45, 2.75) is 25.7 Å². The third-order valence-electron chi connectivity index (χ3n) is 1.99. The predicted octanol–water partition coefficient (Wildman–Crippen LogP) is 3.22. The van der Waals surface area contributed by atoms with Crippen molar-refractivity contribution in [1.82, 2.24) is 0 Å². The average Bonchev–Trinajstić information content (AvgIpc) is 2.14. The van der Waals surface area contributed by atoms with Gasteiger partial charge in [-0.05, 0) is 31.0 Å². The number of anilines is 1. The molecule has 0 radical (unpaired) electrons. The summed E-state index contributed by atoms with van der Waals surface area (Å²) < 4.78 is 0. The van der Waals surface area contributed by atoms with Gasteiger partial charge in [0.15, 0.2) is 5.78 Å². The van der Waals surface area contributed by atoms with E-state index in [1.54, 1.807) is 17.8 Å². The highest BCUT2D eigenvalue weighted by Gasteiger charge is 2.05. The summed E-state index contributed by atoms with van der Waals surface area (Å²) in [5, 5.41) is 0. The van der Waals surface area contributed by atoms with E-state index < -0.39 is 0 Å². The van der Waals surface area contributed by atoms with E-state index in [-0.39, 0.29) is 5.78 Å². The lowest BCUT2D eigenvalue weighted by Gasteiger charge is -2.07. The zero-order valence-electron chi connectivity index (χ0n) is 9.41. The summed E-state index contributed by atoms with van der Waals surface area (Å²) in [6.07, 6.45) is 0. The summed E-state index contributed by atoms with van der Waals surface area (Å²) >= 11 is 1.77. The molecule has 15 heavy (non-hydrogen) atoms. The molecule has 82 valence electrons. The molecule has 1 aromatic carbocycles. The van der Waals surface area contributed by atoms with E-state index in [1.807, 2.05) is 12.1 Å². The van der Waals surface area contributed by atoms with Gasteiger partial charge in [-0.15, -0.1) is 11.8 Å². The molecule has 2 N–H and O–H groups in total. The van der Waals surface area contributed by atoms with Crippen LogP contribution in [0.1, 0.15) is 31.1 Å². The van der Waals surface area contributed by atoms with Crippen molar-refractivity contribution < 1.29 is 4.79 Å². The zero-order chi connectivity index (χ0) is 11.4. The van der Waals surface area contributed by atoms with Crippen molar-refractivity contribution >= 4 is 23.2 Å². The Labute approximate surface area is 95.2 Å². The van der Waals surface area contributed by atoms with E-state index >= 15 is 0 Å². The lowest BCUT2D eigenvalue weighted by Crippen LogP contribution is -1.99. The van der Waals surface area contributed by atoms with E-state index in [1.165, 1.54) is 6.92 Å². The van der Waals surface area contributed by atoms with Crippen molar-refractivity contribution in [3.05, 3.63) is 23.8 Å². The van der Waals surface area contributed by atoms with Gasteiger partial charge in [-0.25, -0.2) is 0 Å². The van der Waals surface area contributed by atoms with Crippen LogP contribution in [0.3, 0.4) is 0 Å². The first-order chi connectivity index (χ1) is 7.00. The molecular weight excluding hydrogens is 206 g/mol. The van der Waals surface area contributed by atoms with Gasteiger partial charge in [-0.3, -0.25) is 4.79 Å². The number of benzene rings is 1. The van der Waals surface area contributed by atoms with Crippen LogP contribution in [0.15, 0.2) is 23.1 Å². The second kappa shape index (κ2) is 5.21.